The van der Waals surface area contributed by atoms with Crippen molar-refractivity contribution in [2.45, 2.75) is 38.8 Å². The summed E-state index contributed by atoms with van der Waals surface area (Å²) in [5, 5.41) is 2.58. The predicted octanol–water partition coefficient (Wildman–Crippen LogP) is 3.34. The average molecular weight is 655 g/mol. The second-order valence-electron chi connectivity index (χ2n) is 10.1. The van der Waals surface area contributed by atoms with Gasteiger partial charge in [-0.3, -0.25) is 0 Å². The van der Waals surface area contributed by atoms with Gasteiger partial charge in [0, 0.05) is 15.4 Å². The van der Waals surface area contributed by atoms with E-state index in [0.29, 0.717) is 0 Å². The molecule has 1 atom stereocenters. The van der Waals surface area contributed by atoms with E-state index in [0.717, 1.165) is 22.4 Å². The van der Waals surface area contributed by atoms with Crippen molar-refractivity contribution in [1.29, 1.82) is 0 Å². The van der Waals surface area contributed by atoms with E-state index in [1.165, 1.54) is 66.4 Å². The Kier molecular flexibility index (Phi) is 11.4. The summed E-state index contributed by atoms with van der Waals surface area (Å²) in [7, 11) is 0.750. The molecule has 0 amide bonds. The number of fused-ring (bicyclic) bond motifs is 5. The molecule has 0 aliphatic heterocycles. The van der Waals surface area contributed by atoms with Crippen molar-refractivity contribution in [2.24, 2.45) is 0 Å². The summed E-state index contributed by atoms with van der Waals surface area (Å²) in [5.41, 5.74) is 13.9. The smallest absolute Gasteiger partial charge is 1.00 e. The van der Waals surface area contributed by atoms with Gasteiger partial charge in [-0.25, -0.2) is 0 Å². The van der Waals surface area contributed by atoms with E-state index in [1.54, 1.807) is 0 Å². The Labute approximate surface area is 273 Å². The van der Waals surface area contributed by atoms with Crippen LogP contribution in [0.2, 0.25) is 13.1 Å². The molecule has 0 fully saturated rings. The van der Waals surface area contributed by atoms with E-state index in [9.17, 15) is 0 Å². The van der Waals surface area contributed by atoms with Crippen molar-refractivity contribution in [3.05, 3.63) is 137 Å². The van der Waals surface area contributed by atoms with Gasteiger partial charge in [-0.15, -0.1) is 16.7 Å². The molecular weight excluding hydrogens is 623 g/mol. The fourth-order valence-electron chi connectivity index (χ4n) is 6.10. The topological polar surface area (TPSA) is 0 Å². The Morgan fingerprint density at radius 1 is 0.775 bits per heavy atom. The third-order valence-corrected chi connectivity index (χ3v) is 7.72. The first kappa shape index (κ1) is 32.3. The van der Waals surface area contributed by atoms with E-state index in [-0.39, 0.29) is 56.9 Å². The monoisotopic (exact) mass is 652 g/mol. The van der Waals surface area contributed by atoms with E-state index >= 15 is 0 Å². The summed E-state index contributed by atoms with van der Waals surface area (Å²) in [6.45, 7) is 6.71. The summed E-state index contributed by atoms with van der Waals surface area (Å²) in [4.78, 5) is 0. The molecule has 0 saturated heterocycles. The SMILES string of the molecule is CCC1=Cc2c(-c3ccc4ccccc4c3)cccc2C1c1[c-]ccc2c1Cc1ccccc1-2.C[SiH]C.[Cl-].[Cl-].[Zr+3]. The number of halogens is 2. The molecule has 0 saturated carbocycles. The molecule has 198 valence electrons. The second kappa shape index (κ2) is 14.1. The number of allylic oxidation sites excluding steroid dienone is 1. The summed E-state index contributed by atoms with van der Waals surface area (Å²) >= 11 is 0. The third kappa shape index (κ3) is 5.75. The van der Waals surface area contributed by atoms with E-state index < -0.39 is 0 Å². The van der Waals surface area contributed by atoms with Crippen LogP contribution in [0, 0.1) is 6.07 Å². The first-order valence-electron chi connectivity index (χ1n) is 13.4. The van der Waals surface area contributed by atoms with Crippen molar-refractivity contribution in [2.75, 3.05) is 0 Å². The van der Waals surface area contributed by atoms with Gasteiger partial charge in [-0.05, 0) is 63.1 Å². The molecule has 5 aromatic carbocycles. The Bertz CT molecular complexity index is 1660. The normalized spacial score (nSPS) is 13.8. The average Bonchev–Trinajstić information content (AvgIpc) is 3.51. The van der Waals surface area contributed by atoms with Crippen molar-refractivity contribution < 1.29 is 51.0 Å². The molecule has 7 rings (SSSR count). The molecule has 4 heteroatoms. The fourth-order valence-corrected chi connectivity index (χ4v) is 6.10. The zero-order valence-corrected chi connectivity index (χ0v) is 28.3. The number of hydrogen-bond donors (Lipinski definition) is 0. The van der Waals surface area contributed by atoms with Gasteiger partial charge >= 0.3 is 26.2 Å². The van der Waals surface area contributed by atoms with Crippen LogP contribution in [0.25, 0.3) is 39.1 Å². The van der Waals surface area contributed by atoms with Gasteiger partial charge in [0.2, 0.25) is 0 Å². The van der Waals surface area contributed by atoms with Crippen molar-refractivity contribution >= 4 is 26.4 Å². The first-order chi connectivity index (χ1) is 18.2. The maximum Gasteiger partial charge on any atom is 3.00 e. The van der Waals surface area contributed by atoms with Crippen LogP contribution >= 0.6 is 0 Å². The molecule has 0 N–H and O–H groups in total. The Hall–Kier alpha value is -2.22. The molecule has 0 spiro atoms. The molecule has 2 aliphatic carbocycles. The molecule has 0 nitrogen and oxygen atoms in total. The van der Waals surface area contributed by atoms with Crippen LogP contribution < -0.4 is 24.8 Å². The van der Waals surface area contributed by atoms with Crippen molar-refractivity contribution in [3.8, 4) is 22.3 Å². The van der Waals surface area contributed by atoms with Crippen LogP contribution in [0.1, 0.15) is 47.1 Å². The molecule has 2 aliphatic rings. The molecule has 40 heavy (non-hydrogen) atoms. The third-order valence-electron chi connectivity index (χ3n) is 7.72. The maximum atomic E-state index is 3.69. The fraction of sp³-hybridized carbons (Fsp3) is 0.167. The van der Waals surface area contributed by atoms with Gasteiger partial charge in [0.25, 0.3) is 0 Å². The Morgan fingerprint density at radius 3 is 2.25 bits per heavy atom. The van der Waals surface area contributed by atoms with E-state index in [1.807, 2.05) is 0 Å². The summed E-state index contributed by atoms with van der Waals surface area (Å²) in [5.74, 6) is 0.282. The maximum absolute atomic E-state index is 3.69. The van der Waals surface area contributed by atoms with E-state index in [2.05, 4.69) is 129 Å². The quantitative estimate of drug-likeness (QED) is 0.203. The van der Waals surface area contributed by atoms with Crippen LogP contribution in [-0.4, -0.2) is 9.52 Å². The summed E-state index contributed by atoms with van der Waals surface area (Å²) < 4.78 is 0. The standard InChI is InChI=1S/C34H25.C2H7Si.2ClH.Zr/c1-2-22-20-32-28(26-18-17-23-9-3-4-10-24(23)19-26)13-7-15-30(32)34(22)31-16-8-14-29-27-12-6-5-11-25(27)21-33(29)31;1-3-2;;;/h3-15,17-20,34H,2,21H2,1H3;3H,1-2H3;2*1H;/q-1;;;;+3/p-2. The minimum atomic E-state index is 0. The van der Waals surface area contributed by atoms with Crippen LogP contribution in [0.3, 0.4) is 0 Å². The van der Waals surface area contributed by atoms with Gasteiger partial charge < -0.3 is 24.8 Å². The zero-order chi connectivity index (χ0) is 25.4. The predicted molar refractivity (Wildman–Crippen MR) is 162 cm³/mol. The Morgan fingerprint density at radius 2 is 1.48 bits per heavy atom. The Balaban J connectivity index is 0.000000706. The molecule has 2 radical (unpaired) electrons. The molecule has 1 unspecified atom stereocenters. The van der Waals surface area contributed by atoms with Crippen LogP contribution in [0.5, 0.6) is 0 Å². The minimum absolute atomic E-state index is 0. The molecule has 5 aromatic rings. The van der Waals surface area contributed by atoms with Gasteiger partial charge in [-0.2, -0.15) is 18.2 Å². The van der Waals surface area contributed by atoms with Gasteiger partial charge in [0.05, 0.1) is 0 Å². The van der Waals surface area contributed by atoms with Gasteiger partial charge in [0.1, 0.15) is 0 Å². The van der Waals surface area contributed by atoms with Crippen LogP contribution in [0.15, 0.2) is 103 Å². The zero-order valence-electron chi connectivity index (χ0n) is 23.1. The number of benzene rings is 5. The molecule has 0 aromatic heterocycles. The van der Waals surface area contributed by atoms with Gasteiger partial charge in [-0.1, -0.05) is 111 Å². The number of rotatable bonds is 3. The second-order valence-corrected chi connectivity index (χ2v) is 11.2. The largest absolute Gasteiger partial charge is 3.00 e. The van der Waals surface area contributed by atoms with Crippen LogP contribution in [0.4, 0.5) is 0 Å². The van der Waals surface area contributed by atoms with E-state index in [4.69, 9.17) is 0 Å². The molecule has 0 bridgehead atoms. The minimum Gasteiger partial charge on any atom is -1.00 e. The number of hydrogen-bond acceptors (Lipinski definition) is 0. The molecule has 0 heterocycles. The van der Waals surface area contributed by atoms with Crippen molar-refractivity contribution in [1.82, 2.24) is 0 Å². The summed E-state index contributed by atoms with van der Waals surface area (Å²) in [6.07, 6.45) is 4.51. The van der Waals surface area contributed by atoms with Gasteiger partial charge in [0.15, 0.2) is 0 Å². The molecular formula is C36H32Cl2SiZr. The van der Waals surface area contributed by atoms with Crippen molar-refractivity contribution in [3.63, 3.8) is 0 Å². The van der Waals surface area contributed by atoms with Crippen LogP contribution in [-0.2, 0) is 32.6 Å². The first-order valence-corrected chi connectivity index (χ1v) is 15.7. The summed E-state index contributed by atoms with van der Waals surface area (Å²) in [6, 6.07) is 39.3.